The summed E-state index contributed by atoms with van der Waals surface area (Å²) < 4.78 is 7.45. The highest BCUT2D eigenvalue weighted by atomic mass is 35.5. The van der Waals surface area contributed by atoms with Gasteiger partial charge in [0.15, 0.2) is 5.82 Å². The molecule has 0 fully saturated rings. The molecule has 6 nitrogen and oxygen atoms in total. The Bertz CT molecular complexity index is 1320. The van der Waals surface area contributed by atoms with E-state index >= 15 is 0 Å². The highest BCUT2D eigenvalue weighted by Crippen LogP contribution is 2.30. The molecule has 0 spiro atoms. The number of ether oxygens (including phenoxy) is 1. The Kier molecular flexibility index (Phi) is 7.20. The van der Waals surface area contributed by atoms with Gasteiger partial charge >= 0.3 is 6.01 Å². The zero-order chi connectivity index (χ0) is 24.2. The number of benzene rings is 3. The van der Waals surface area contributed by atoms with E-state index in [0.717, 1.165) is 16.8 Å². The van der Waals surface area contributed by atoms with E-state index in [1.807, 2.05) is 55.5 Å². The summed E-state index contributed by atoms with van der Waals surface area (Å²) in [6.07, 6.45) is 0. The van der Waals surface area contributed by atoms with Crippen LogP contribution in [0.1, 0.15) is 29.8 Å². The topological polar surface area (TPSA) is 69.0 Å². The predicted molar refractivity (Wildman–Crippen MR) is 136 cm³/mol. The number of anilines is 1. The van der Waals surface area contributed by atoms with Gasteiger partial charge < -0.3 is 10.1 Å². The summed E-state index contributed by atoms with van der Waals surface area (Å²) in [5.41, 5.74) is 3.72. The molecule has 0 atom stereocenters. The van der Waals surface area contributed by atoms with Crippen molar-refractivity contribution in [3.8, 4) is 23.1 Å². The van der Waals surface area contributed by atoms with Crippen molar-refractivity contribution in [2.45, 2.75) is 20.8 Å². The molecule has 0 saturated carbocycles. The molecule has 0 aliphatic heterocycles. The van der Waals surface area contributed by atoms with E-state index in [9.17, 15) is 4.79 Å². The molecule has 3 aromatic carbocycles. The predicted octanol–water partition coefficient (Wildman–Crippen LogP) is 6.84. The Hall–Kier alpha value is -3.35. The van der Waals surface area contributed by atoms with E-state index < -0.39 is 0 Å². The summed E-state index contributed by atoms with van der Waals surface area (Å²) in [6, 6.07) is 20.4. The van der Waals surface area contributed by atoms with Crippen LogP contribution in [0.25, 0.3) is 17.1 Å². The summed E-state index contributed by atoms with van der Waals surface area (Å²) in [5, 5.41) is 8.37. The Morgan fingerprint density at radius 2 is 1.76 bits per heavy atom. The number of amides is 1. The Labute approximate surface area is 208 Å². The van der Waals surface area contributed by atoms with Crippen LogP contribution in [-0.2, 0) is 0 Å². The molecule has 4 aromatic rings. The van der Waals surface area contributed by atoms with Gasteiger partial charge in [-0.3, -0.25) is 4.79 Å². The second kappa shape index (κ2) is 10.3. The molecular weight excluding hydrogens is 471 g/mol. The van der Waals surface area contributed by atoms with Gasteiger partial charge in [0.1, 0.15) is 0 Å². The zero-order valence-corrected chi connectivity index (χ0v) is 20.6. The van der Waals surface area contributed by atoms with Crippen molar-refractivity contribution < 1.29 is 9.53 Å². The van der Waals surface area contributed by atoms with Gasteiger partial charge in [-0.25, -0.2) is 4.68 Å². The van der Waals surface area contributed by atoms with Gasteiger partial charge in [0.25, 0.3) is 5.91 Å². The monoisotopic (exact) mass is 494 g/mol. The van der Waals surface area contributed by atoms with Crippen molar-refractivity contribution >= 4 is 34.8 Å². The largest absolute Gasteiger partial charge is 0.462 e. The number of halogens is 2. The fourth-order valence-corrected chi connectivity index (χ4v) is 3.61. The number of aryl methyl sites for hydroxylation is 1. The van der Waals surface area contributed by atoms with Crippen LogP contribution < -0.4 is 10.1 Å². The van der Waals surface area contributed by atoms with Crippen LogP contribution in [-0.4, -0.2) is 27.3 Å². The molecule has 0 bridgehead atoms. The Morgan fingerprint density at radius 1 is 1.03 bits per heavy atom. The molecule has 174 valence electrons. The van der Waals surface area contributed by atoms with E-state index in [2.05, 4.69) is 29.2 Å². The smallest absolute Gasteiger partial charge is 0.336 e. The molecule has 1 heterocycles. The zero-order valence-electron chi connectivity index (χ0n) is 19.0. The van der Waals surface area contributed by atoms with Crippen LogP contribution in [0.15, 0.2) is 66.7 Å². The molecular formula is C26H24Cl2N4O2. The average molecular weight is 495 g/mol. The second-order valence-corrected chi connectivity index (χ2v) is 9.09. The number of aromatic nitrogens is 3. The SMILES string of the molecule is Cc1ccccc1C(=O)Nc1ccc(-n2nc(OCC(C)C)nc2-c2ccc(Cl)c(Cl)c2)cc1. The summed E-state index contributed by atoms with van der Waals surface area (Å²) >= 11 is 12.3. The van der Waals surface area contributed by atoms with Crippen LogP contribution in [0.2, 0.25) is 10.0 Å². The molecule has 8 heteroatoms. The lowest BCUT2D eigenvalue weighted by Gasteiger charge is -2.10. The highest BCUT2D eigenvalue weighted by molar-refractivity contribution is 6.42. The third-order valence-corrected chi connectivity index (χ3v) is 5.81. The van der Waals surface area contributed by atoms with E-state index in [1.54, 1.807) is 22.9 Å². The fraction of sp³-hybridized carbons (Fsp3) is 0.192. The van der Waals surface area contributed by atoms with Crippen molar-refractivity contribution in [1.82, 2.24) is 14.8 Å². The summed E-state index contributed by atoms with van der Waals surface area (Å²) in [6.45, 7) is 6.52. The second-order valence-electron chi connectivity index (χ2n) is 8.28. The number of nitrogens with zero attached hydrogens (tertiary/aromatic N) is 3. The van der Waals surface area contributed by atoms with E-state index in [4.69, 9.17) is 27.9 Å². The first-order chi connectivity index (χ1) is 16.3. The van der Waals surface area contributed by atoms with Crippen LogP contribution in [0.5, 0.6) is 6.01 Å². The number of hydrogen-bond donors (Lipinski definition) is 1. The number of nitrogens with one attached hydrogen (secondary N) is 1. The van der Waals surface area contributed by atoms with Crippen LogP contribution in [0.4, 0.5) is 5.69 Å². The van der Waals surface area contributed by atoms with Crippen molar-refractivity contribution in [1.29, 1.82) is 0 Å². The molecule has 1 aromatic heterocycles. The fourth-order valence-electron chi connectivity index (χ4n) is 3.31. The highest BCUT2D eigenvalue weighted by Gasteiger charge is 2.17. The third-order valence-electron chi connectivity index (χ3n) is 5.07. The van der Waals surface area contributed by atoms with Crippen molar-refractivity contribution in [2.75, 3.05) is 11.9 Å². The van der Waals surface area contributed by atoms with Gasteiger partial charge in [-0.05, 0) is 66.9 Å². The molecule has 1 amide bonds. The minimum atomic E-state index is -0.160. The maximum Gasteiger partial charge on any atom is 0.336 e. The molecule has 0 aliphatic carbocycles. The van der Waals surface area contributed by atoms with Crippen molar-refractivity contribution in [2.24, 2.45) is 5.92 Å². The first kappa shape index (κ1) is 23.8. The lowest BCUT2D eigenvalue weighted by molar-refractivity contribution is 0.102. The minimum absolute atomic E-state index is 0.160. The minimum Gasteiger partial charge on any atom is -0.462 e. The first-order valence-corrected chi connectivity index (χ1v) is 11.6. The van der Waals surface area contributed by atoms with Gasteiger partial charge in [0.05, 0.1) is 22.3 Å². The van der Waals surface area contributed by atoms with Crippen molar-refractivity contribution in [3.63, 3.8) is 0 Å². The van der Waals surface area contributed by atoms with Gasteiger partial charge in [-0.2, -0.15) is 4.98 Å². The number of carbonyl (C=O) groups is 1. The quantitative estimate of drug-likeness (QED) is 0.305. The van der Waals surface area contributed by atoms with E-state index in [0.29, 0.717) is 39.6 Å². The standard InChI is InChI=1S/C26H24Cl2N4O2/c1-16(2)15-34-26-30-24(18-8-13-22(27)23(28)14-18)32(31-26)20-11-9-19(10-12-20)29-25(33)21-7-5-4-6-17(21)3/h4-14,16H,15H2,1-3H3,(H,29,33). The third kappa shape index (κ3) is 5.41. The van der Waals surface area contributed by atoms with Crippen LogP contribution >= 0.6 is 23.2 Å². The van der Waals surface area contributed by atoms with E-state index in [-0.39, 0.29) is 11.9 Å². The lowest BCUT2D eigenvalue weighted by atomic mass is 10.1. The number of carbonyl (C=O) groups excluding carboxylic acids is 1. The molecule has 0 radical (unpaired) electrons. The van der Waals surface area contributed by atoms with Gasteiger partial charge in [0, 0.05) is 16.8 Å². The maximum absolute atomic E-state index is 12.6. The summed E-state index contributed by atoms with van der Waals surface area (Å²) in [7, 11) is 0. The van der Waals surface area contributed by atoms with Gasteiger partial charge in [0.2, 0.25) is 0 Å². The Morgan fingerprint density at radius 3 is 2.44 bits per heavy atom. The maximum atomic E-state index is 12.6. The molecule has 4 rings (SSSR count). The molecule has 1 N–H and O–H groups in total. The Balaban J connectivity index is 1.64. The van der Waals surface area contributed by atoms with Gasteiger partial charge in [-0.1, -0.05) is 55.2 Å². The number of hydrogen-bond acceptors (Lipinski definition) is 4. The van der Waals surface area contributed by atoms with E-state index in [1.165, 1.54) is 0 Å². The molecule has 0 aliphatic rings. The average Bonchev–Trinajstić information content (AvgIpc) is 3.24. The van der Waals surface area contributed by atoms with Crippen LogP contribution in [0.3, 0.4) is 0 Å². The van der Waals surface area contributed by atoms with Crippen LogP contribution in [0, 0.1) is 12.8 Å². The number of rotatable bonds is 7. The summed E-state index contributed by atoms with van der Waals surface area (Å²) in [4.78, 5) is 17.2. The normalized spacial score (nSPS) is 11.0. The summed E-state index contributed by atoms with van der Waals surface area (Å²) in [5.74, 6) is 0.734. The molecule has 34 heavy (non-hydrogen) atoms. The molecule has 0 saturated heterocycles. The first-order valence-electron chi connectivity index (χ1n) is 10.8. The van der Waals surface area contributed by atoms with Gasteiger partial charge in [-0.15, -0.1) is 5.10 Å². The van der Waals surface area contributed by atoms with Crippen molar-refractivity contribution in [3.05, 3.63) is 87.9 Å². The lowest BCUT2D eigenvalue weighted by Crippen LogP contribution is -2.13. The molecule has 0 unspecified atom stereocenters.